The van der Waals surface area contributed by atoms with Gasteiger partial charge in [0.15, 0.2) is 5.96 Å². The number of halogens is 2. The van der Waals surface area contributed by atoms with E-state index < -0.39 is 0 Å². The number of hydrogen-bond acceptors (Lipinski definition) is 3. The molecule has 7 heteroatoms. The Morgan fingerprint density at radius 3 is 2.54 bits per heavy atom. The van der Waals surface area contributed by atoms with E-state index >= 15 is 0 Å². The second-order valence-corrected chi connectivity index (χ2v) is 5.49. The molecular weight excluding hydrogens is 441 g/mol. The Balaban J connectivity index is 0.00000529. The Morgan fingerprint density at radius 1 is 1.08 bits per heavy atom. The molecule has 0 heterocycles. The first-order valence-electron chi connectivity index (χ1n) is 8.02. The number of benzene rings is 1. The summed E-state index contributed by atoms with van der Waals surface area (Å²) in [6, 6.07) is 7.91. The summed E-state index contributed by atoms with van der Waals surface area (Å²) >= 11 is 6.14. The van der Waals surface area contributed by atoms with Crippen LogP contribution >= 0.6 is 35.6 Å². The molecule has 0 aromatic heterocycles. The van der Waals surface area contributed by atoms with Crippen LogP contribution < -0.4 is 10.6 Å². The lowest BCUT2D eigenvalue weighted by Crippen LogP contribution is -2.38. The van der Waals surface area contributed by atoms with Gasteiger partial charge in [0.25, 0.3) is 0 Å². The first-order valence-corrected chi connectivity index (χ1v) is 8.40. The first kappa shape index (κ1) is 23.4. The number of methoxy groups -OCH3 is 1. The van der Waals surface area contributed by atoms with E-state index in [-0.39, 0.29) is 24.0 Å². The van der Waals surface area contributed by atoms with Crippen LogP contribution in [-0.4, -0.2) is 53.0 Å². The highest BCUT2D eigenvalue weighted by Crippen LogP contribution is 2.14. The number of hydrogen-bond donors (Lipinski definition) is 2. The Hall–Kier alpha value is -0.570. The molecule has 1 aromatic carbocycles. The Bertz CT molecular complexity index is 461. The predicted octanol–water partition coefficient (Wildman–Crippen LogP) is 3.11. The number of aliphatic imine (C=N–C) groups is 1. The summed E-state index contributed by atoms with van der Waals surface area (Å²) in [5, 5.41) is 7.41. The van der Waals surface area contributed by atoms with Crippen LogP contribution in [0.4, 0.5) is 0 Å². The van der Waals surface area contributed by atoms with Gasteiger partial charge in [-0.2, -0.15) is 0 Å². The molecule has 0 aliphatic heterocycles. The quantitative estimate of drug-likeness (QED) is 0.226. The van der Waals surface area contributed by atoms with Crippen molar-refractivity contribution in [2.45, 2.75) is 19.3 Å². The lowest BCUT2D eigenvalue weighted by atomic mass is 10.1. The number of rotatable bonds is 11. The smallest absolute Gasteiger partial charge is 0.190 e. The maximum atomic E-state index is 6.14. The highest BCUT2D eigenvalue weighted by molar-refractivity contribution is 14.0. The number of unbranched alkanes of at least 4 members (excludes halogenated alkanes) is 1. The zero-order chi connectivity index (χ0) is 16.8. The fourth-order valence-electron chi connectivity index (χ4n) is 2.02. The molecule has 0 bridgehead atoms. The first-order chi connectivity index (χ1) is 11.3. The molecule has 0 radical (unpaired) electrons. The lowest BCUT2D eigenvalue weighted by Gasteiger charge is -2.12. The van der Waals surface area contributed by atoms with Gasteiger partial charge >= 0.3 is 0 Å². The van der Waals surface area contributed by atoms with E-state index in [1.165, 1.54) is 0 Å². The molecule has 0 spiro atoms. The van der Waals surface area contributed by atoms with Crippen molar-refractivity contribution in [3.8, 4) is 0 Å². The van der Waals surface area contributed by atoms with Gasteiger partial charge in [-0.3, -0.25) is 4.99 Å². The molecule has 1 aromatic rings. The van der Waals surface area contributed by atoms with E-state index in [9.17, 15) is 0 Å². The molecule has 0 atom stereocenters. The largest absolute Gasteiger partial charge is 0.382 e. The van der Waals surface area contributed by atoms with E-state index in [1.807, 2.05) is 24.3 Å². The average molecular weight is 470 g/mol. The van der Waals surface area contributed by atoms with Crippen LogP contribution in [0.25, 0.3) is 0 Å². The highest BCUT2D eigenvalue weighted by atomic mass is 127. The van der Waals surface area contributed by atoms with Crippen molar-refractivity contribution in [1.29, 1.82) is 0 Å². The van der Waals surface area contributed by atoms with Gasteiger partial charge in [0, 0.05) is 38.9 Å². The minimum Gasteiger partial charge on any atom is -0.382 e. The van der Waals surface area contributed by atoms with Crippen molar-refractivity contribution >= 4 is 41.5 Å². The SMILES string of the molecule is CN=C(NCCCCOCCOC)NCCc1ccccc1Cl.I. The fraction of sp³-hybridized carbons (Fsp3) is 0.588. The molecule has 0 amide bonds. The molecule has 0 fully saturated rings. The molecule has 0 aliphatic carbocycles. The highest BCUT2D eigenvalue weighted by Gasteiger charge is 2.00. The second-order valence-electron chi connectivity index (χ2n) is 5.08. The van der Waals surface area contributed by atoms with Crippen LogP contribution in [0.1, 0.15) is 18.4 Å². The van der Waals surface area contributed by atoms with E-state index in [2.05, 4.69) is 15.6 Å². The van der Waals surface area contributed by atoms with Crippen LogP contribution in [0.2, 0.25) is 5.02 Å². The van der Waals surface area contributed by atoms with Crippen LogP contribution in [0.3, 0.4) is 0 Å². The molecule has 138 valence electrons. The minimum atomic E-state index is 0. The van der Waals surface area contributed by atoms with Crippen LogP contribution in [0, 0.1) is 0 Å². The van der Waals surface area contributed by atoms with Crippen molar-refractivity contribution < 1.29 is 9.47 Å². The van der Waals surface area contributed by atoms with Crippen LogP contribution in [-0.2, 0) is 15.9 Å². The van der Waals surface area contributed by atoms with Crippen LogP contribution in [0.15, 0.2) is 29.3 Å². The number of nitrogens with one attached hydrogen (secondary N) is 2. The zero-order valence-electron chi connectivity index (χ0n) is 14.5. The average Bonchev–Trinajstić information content (AvgIpc) is 2.57. The zero-order valence-corrected chi connectivity index (χ0v) is 17.6. The van der Waals surface area contributed by atoms with Gasteiger partial charge in [0.2, 0.25) is 0 Å². The molecule has 0 saturated heterocycles. The van der Waals surface area contributed by atoms with E-state index in [0.717, 1.165) is 55.5 Å². The standard InChI is InChI=1S/C17H28ClN3O2.HI/c1-19-17(20-10-5-6-12-23-14-13-22-2)21-11-9-15-7-3-4-8-16(15)18;/h3-4,7-8H,5-6,9-14H2,1-2H3,(H2,19,20,21);1H. The summed E-state index contributed by atoms with van der Waals surface area (Å²) in [4.78, 5) is 4.21. The van der Waals surface area contributed by atoms with Crippen molar-refractivity contribution in [2.24, 2.45) is 4.99 Å². The van der Waals surface area contributed by atoms with Gasteiger partial charge < -0.3 is 20.1 Å². The predicted molar refractivity (Wildman–Crippen MR) is 112 cm³/mol. The molecule has 2 N–H and O–H groups in total. The summed E-state index contributed by atoms with van der Waals surface area (Å²) < 4.78 is 10.3. The van der Waals surface area contributed by atoms with Gasteiger partial charge in [-0.05, 0) is 30.9 Å². The van der Waals surface area contributed by atoms with Gasteiger partial charge in [0.05, 0.1) is 13.2 Å². The maximum absolute atomic E-state index is 6.14. The fourth-order valence-corrected chi connectivity index (χ4v) is 2.25. The van der Waals surface area contributed by atoms with E-state index in [1.54, 1.807) is 14.2 Å². The van der Waals surface area contributed by atoms with Crippen molar-refractivity contribution in [3.05, 3.63) is 34.9 Å². The van der Waals surface area contributed by atoms with E-state index in [4.69, 9.17) is 21.1 Å². The summed E-state index contributed by atoms with van der Waals surface area (Å²) in [7, 11) is 3.45. The van der Waals surface area contributed by atoms with Crippen molar-refractivity contribution in [1.82, 2.24) is 10.6 Å². The van der Waals surface area contributed by atoms with Gasteiger partial charge in [-0.15, -0.1) is 24.0 Å². The van der Waals surface area contributed by atoms with Crippen molar-refractivity contribution in [3.63, 3.8) is 0 Å². The third-order valence-electron chi connectivity index (χ3n) is 3.31. The molecule has 0 aliphatic rings. The maximum Gasteiger partial charge on any atom is 0.190 e. The monoisotopic (exact) mass is 469 g/mol. The van der Waals surface area contributed by atoms with Gasteiger partial charge in [-0.25, -0.2) is 0 Å². The molecule has 5 nitrogen and oxygen atoms in total. The molecule has 1 rings (SSSR count). The lowest BCUT2D eigenvalue weighted by molar-refractivity contribution is 0.0689. The summed E-state index contributed by atoms with van der Waals surface area (Å²) in [6.45, 7) is 3.75. The molecule has 0 saturated carbocycles. The Kier molecular flexibility index (Phi) is 15.6. The normalized spacial score (nSPS) is 11.0. The third kappa shape index (κ3) is 11.1. The summed E-state index contributed by atoms with van der Waals surface area (Å²) in [5.41, 5.74) is 1.14. The molecule has 0 unspecified atom stereocenters. The second kappa shape index (κ2) is 15.9. The number of ether oxygens (including phenoxy) is 2. The van der Waals surface area contributed by atoms with Crippen LogP contribution in [0.5, 0.6) is 0 Å². The molecule has 24 heavy (non-hydrogen) atoms. The number of nitrogens with zero attached hydrogens (tertiary/aromatic N) is 1. The minimum absolute atomic E-state index is 0. The third-order valence-corrected chi connectivity index (χ3v) is 3.68. The Morgan fingerprint density at radius 2 is 1.83 bits per heavy atom. The van der Waals surface area contributed by atoms with E-state index in [0.29, 0.717) is 13.2 Å². The summed E-state index contributed by atoms with van der Waals surface area (Å²) in [6.07, 6.45) is 2.93. The number of guanidine groups is 1. The topological polar surface area (TPSA) is 54.9 Å². The van der Waals surface area contributed by atoms with Gasteiger partial charge in [-0.1, -0.05) is 29.8 Å². The molecular formula is C17H29ClIN3O2. The van der Waals surface area contributed by atoms with Crippen molar-refractivity contribution in [2.75, 3.05) is 47.1 Å². The Labute approximate surface area is 167 Å². The van der Waals surface area contributed by atoms with Gasteiger partial charge in [0.1, 0.15) is 0 Å². The summed E-state index contributed by atoms with van der Waals surface area (Å²) in [5.74, 6) is 0.817.